The van der Waals surface area contributed by atoms with E-state index in [0.29, 0.717) is 0 Å². The number of nitrogens with zero attached hydrogens (tertiary/aromatic N) is 1. The normalized spacial score (nSPS) is 21.6. The number of carbonyl (C=O) groups excluding carboxylic acids is 1. The van der Waals surface area contributed by atoms with Gasteiger partial charge in [0.05, 0.1) is 11.5 Å². The molecule has 0 radical (unpaired) electrons. The van der Waals surface area contributed by atoms with Gasteiger partial charge < -0.3 is 4.74 Å². The fraction of sp³-hybridized carbons (Fsp3) is 0.412. The van der Waals surface area contributed by atoms with Crippen molar-refractivity contribution in [3.05, 3.63) is 46.3 Å². The van der Waals surface area contributed by atoms with E-state index in [9.17, 15) is 26.7 Å². The molecule has 8 heteroatoms. The standard InChI is InChI=1S/C17H14F5NO2/c1-7-12(19)14(21)9(15(22)13(7)20)6-25-16(24)11-10(17(11,2)3)4-8(18)5-23/h4,10-11H,6H2,1-3H3/b8-4+. The number of allylic oxidation sites excluding steroid dienone is 2. The lowest BCUT2D eigenvalue weighted by Crippen LogP contribution is -2.14. The monoisotopic (exact) mass is 359 g/mol. The first-order valence-electron chi connectivity index (χ1n) is 7.29. The van der Waals surface area contributed by atoms with Crippen LogP contribution in [0.1, 0.15) is 25.0 Å². The third kappa shape index (κ3) is 3.23. The van der Waals surface area contributed by atoms with E-state index in [1.54, 1.807) is 13.8 Å². The summed E-state index contributed by atoms with van der Waals surface area (Å²) in [5, 5.41) is 8.43. The first-order valence-corrected chi connectivity index (χ1v) is 7.29. The third-order valence-electron chi connectivity index (χ3n) is 4.53. The van der Waals surface area contributed by atoms with Crippen molar-refractivity contribution < 1.29 is 31.5 Å². The smallest absolute Gasteiger partial charge is 0.310 e. The van der Waals surface area contributed by atoms with Gasteiger partial charge in [-0.3, -0.25) is 4.79 Å². The molecule has 2 unspecified atom stereocenters. The third-order valence-corrected chi connectivity index (χ3v) is 4.53. The topological polar surface area (TPSA) is 50.1 Å². The van der Waals surface area contributed by atoms with Crippen LogP contribution >= 0.6 is 0 Å². The van der Waals surface area contributed by atoms with Crippen LogP contribution in [-0.2, 0) is 16.1 Å². The molecule has 0 amide bonds. The van der Waals surface area contributed by atoms with Gasteiger partial charge in [0.2, 0.25) is 0 Å². The van der Waals surface area contributed by atoms with Crippen LogP contribution in [0.4, 0.5) is 22.0 Å². The zero-order valence-electron chi connectivity index (χ0n) is 13.6. The van der Waals surface area contributed by atoms with E-state index >= 15 is 0 Å². The maximum absolute atomic E-state index is 13.7. The van der Waals surface area contributed by atoms with Crippen molar-refractivity contribution in [1.82, 2.24) is 0 Å². The number of ether oxygens (including phenoxy) is 1. The maximum Gasteiger partial charge on any atom is 0.310 e. The molecule has 1 aromatic rings. The molecule has 1 aromatic carbocycles. The summed E-state index contributed by atoms with van der Waals surface area (Å²) in [6.07, 6.45) is 0.971. The van der Waals surface area contributed by atoms with Crippen molar-refractivity contribution in [2.45, 2.75) is 27.4 Å². The molecule has 134 valence electrons. The Labute approximate surface area is 140 Å². The number of hydrogen-bond donors (Lipinski definition) is 0. The largest absolute Gasteiger partial charge is 0.460 e. The van der Waals surface area contributed by atoms with Crippen molar-refractivity contribution in [2.24, 2.45) is 17.3 Å². The second-order valence-corrected chi connectivity index (χ2v) is 6.42. The quantitative estimate of drug-likeness (QED) is 0.350. The van der Waals surface area contributed by atoms with Gasteiger partial charge in [0.25, 0.3) is 0 Å². The number of nitriles is 1. The van der Waals surface area contributed by atoms with Gasteiger partial charge in [0, 0.05) is 11.5 Å². The van der Waals surface area contributed by atoms with Crippen LogP contribution in [0, 0.1) is 58.8 Å². The van der Waals surface area contributed by atoms with E-state index in [2.05, 4.69) is 0 Å². The fourth-order valence-corrected chi connectivity index (χ4v) is 2.78. The molecule has 0 N–H and O–H groups in total. The Morgan fingerprint density at radius 2 is 1.72 bits per heavy atom. The van der Waals surface area contributed by atoms with Crippen LogP contribution in [0.15, 0.2) is 11.9 Å². The van der Waals surface area contributed by atoms with E-state index in [1.807, 2.05) is 0 Å². The summed E-state index contributed by atoms with van der Waals surface area (Å²) in [6.45, 7) is 3.11. The summed E-state index contributed by atoms with van der Waals surface area (Å²) in [6, 6.07) is 1.28. The molecule has 3 nitrogen and oxygen atoms in total. The Bertz CT molecular complexity index is 781. The van der Waals surface area contributed by atoms with E-state index in [4.69, 9.17) is 10.00 Å². The highest BCUT2D eigenvalue weighted by Crippen LogP contribution is 2.60. The number of carbonyl (C=O) groups is 1. The second-order valence-electron chi connectivity index (χ2n) is 6.42. The molecule has 0 saturated heterocycles. The highest BCUT2D eigenvalue weighted by Gasteiger charge is 2.61. The summed E-state index contributed by atoms with van der Waals surface area (Å²) < 4.78 is 72.3. The number of esters is 1. The van der Waals surface area contributed by atoms with E-state index in [-0.39, 0.29) is 0 Å². The number of halogens is 5. The van der Waals surface area contributed by atoms with Crippen molar-refractivity contribution in [3.8, 4) is 6.07 Å². The zero-order valence-corrected chi connectivity index (χ0v) is 13.6. The molecule has 1 saturated carbocycles. The molecule has 1 aliphatic rings. The Balaban J connectivity index is 2.16. The molecule has 0 spiro atoms. The van der Waals surface area contributed by atoms with Crippen LogP contribution in [-0.4, -0.2) is 5.97 Å². The summed E-state index contributed by atoms with van der Waals surface area (Å²) in [5.74, 6) is -9.82. The fourth-order valence-electron chi connectivity index (χ4n) is 2.78. The maximum atomic E-state index is 13.7. The highest BCUT2D eigenvalue weighted by molar-refractivity contribution is 5.78. The minimum atomic E-state index is -1.63. The molecule has 0 bridgehead atoms. The SMILES string of the molecule is Cc1c(F)c(F)c(COC(=O)C2C(/C=C(/F)C#N)C2(C)C)c(F)c1F. The van der Waals surface area contributed by atoms with Gasteiger partial charge in [-0.1, -0.05) is 13.8 Å². The van der Waals surface area contributed by atoms with Crippen LogP contribution in [0.2, 0.25) is 0 Å². The molecule has 0 aromatic heterocycles. The van der Waals surface area contributed by atoms with Gasteiger partial charge in [-0.2, -0.15) is 9.65 Å². The Morgan fingerprint density at radius 1 is 1.20 bits per heavy atom. The zero-order chi connectivity index (χ0) is 19.1. The molecule has 2 rings (SSSR count). The average Bonchev–Trinajstić information content (AvgIpc) is 3.10. The lowest BCUT2D eigenvalue weighted by atomic mass is 10.1. The Morgan fingerprint density at radius 3 is 2.20 bits per heavy atom. The number of hydrogen-bond acceptors (Lipinski definition) is 3. The second kappa shape index (κ2) is 6.47. The lowest BCUT2D eigenvalue weighted by Gasteiger charge is -2.10. The summed E-state index contributed by atoms with van der Waals surface area (Å²) >= 11 is 0. The van der Waals surface area contributed by atoms with Gasteiger partial charge in [-0.05, 0) is 18.4 Å². The summed E-state index contributed by atoms with van der Waals surface area (Å²) in [5.41, 5.74) is -2.57. The first kappa shape index (κ1) is 18.9. The van der Waals surface area contributed by atoms with Gasteiger partial charge in [0.15, 0.2) is 29.1 Å². The van der Waals surface area contributed by atoms with Gasteiger partial charge >= 0.3 is 5.97 Å². The molecular formula is C17H14F5NO2. The highest BCUT2D eigenvalue weighted by atomic mass is 19.2. The first-order chi connectivity index (χ1) is 11.5. The predicted molar refractivity (Wildman–Crippen MR) is 76.4 cm³/mol. The van der Waals surface area contributed by atoms with E-state index < -0.39 is 70.0 Å². The lowest BCUT2D eigenvalue weighted by molar-refractivity contribution is -0.147. The molecule has 25 heavy (non-hydrogen) atoms. The molecule has 0 aliphatic heterocycles. The van der Waals surface area contributed by atoms with Gasteiger partial charge in [-0.15, -0.1) is 0 Å². The minimum Gasteiger partial charge on any atom is -0.460 e. The average molecular weight is 359 g/mol. The minimum absolute atomic E-state index is 0.624. The van der Waals surface area contributed by atoms with Gasteiger partial charge in [0.1, 0.15) is 12.7 Å². The van der Waals surface area contributed by atoms with Gasteiger partial charge in [-0.25, -0.2) is 17.6 Å². The van der Waals surface area contributed by atoms with Crippen LogP contribution in [0.25, 0.3) is 0 Å². The van der Waals surface area contributed by atoms with Crippen molar-refractivity contribution in [1.29, 1.82) is 5.26 Å². The van der Waals surface area contributed by atoms with E-state index in [0.717, 1.165) is 13.0 Å². The molecule has 0 heterocycles. The van der Waals surface area contributed by atoms with Crippen molar-refractivity contribution >= 4 is 5.97 Å². The predicted octanol–water partition coefficient (Wildman–Crippen LogP) is 4.24. The Hall–Kier alpha value is -2.43. The molecule has 1 fully saturated rings. The summed E-state index contributed by atoms with van der Waals surface area (Å²) in [7, 11) is 0. The van der Waals surface area contributed by atoms with Crippen molar-refractivity contribution in [2.75, 3.05) is 0 Å². The van der Waals surface area contributed by atoms with E-state index in [1.165, 1.54) is 6.07 Å². The Kier molecular flexibility index (Phi) is 4.89. The number of rotatable bonds is 4. The van der Waals surface area contributed by atoms with Crippen molar-refractivity contribution in [3.63, 3.8) is 0 Å². The molecule has 2 atom stereocenters. The summed E-state index contributed by atoms with van der Waals surface area (Å²) in [4.78, 5) is 12.0. The number of benzene rings is 1. The van der Waals surface area contributed by atoms with Crippen LogP contribution in [0.5, 0.6) is 0 Å². The molecule has 1 aliphatic carbocycles. The van der Waals surface area contributed by atoms with Crippen LogP contribution in [0.3, 0.4) is 0 Å². The molecular weight excluding hydrogens is 345 g/mol. The van der Waals surface area contributed by atoms with Crippen LogP contribution < -0.4 is 0 Å².